The zero-order valence-electron chi connectivity index (χ0n) is 25.9. The summed E-state index contributed by atoms with van der Waals surface area (Å²) < 4.78 is 5.92. The molecule has 4 atom stereocenters. The summed E-state index contributed by atoms with van der Waals surface area (Å²) in [6.45, 7) is 3.72. The first-order valence-corrected chi connectivity index (χ1v) is 16.0. The average molecular weight is 639 g/mol. The van der Waals surface area contributed by atoms with Crippen LogP contribution in [0, 0.1) is 11.8 Å². The van der Waals surface area contributed by atoms with Crippen LogP contribution in [-0.4, -0.2) is 47.2 Å². The van der Waals surface area contributed by atoms with E-state index in [1.54, 1.807) is 12.1 Å². The number of hydrogen-bond donors (Lipinski definition) is 4. The molecule has 11 heteroatoms. The van der Waals surface area contributed by atoms with Crippen molar-refractivity contribution in [3.63, 3.8) is 0 Å². The number of rotatable bonds is 13. The van der Waals surface area contributed by atoms with E-state index in [-0.39, 0.29) is 18.2 Å². The Bertz CT molecular complexity index is 1380. The van der Waals surface area contributed by atoms with E-state index >= 15 is 0 Å². The van der Waals surface area contributed by atoms with Crippen molar-refractivity contribution in [2.24, 2.45) is 17.6 Å². The molecule has 2 aromatic rings. The summed E-state index contributed by atoms with van der Waals surface area (Å²) in [7, 11) is 0. The van der Waals surface area contributed by atoms with Gasteiger partial charge in [0.1, 0.15) is 12.1 Å². The Morgan fingerprint density at radius 1 is 0.978 bits per heavy atom. The molecular weight excluding hydrogens is 596 g/mol. The highest BCUT2D eigenvalue weighted by Crippen LogP contribution is 2.30. The first kappa shape index (κ1) is 34.0. The highest BCUT2D eigenvalue weighted by molar-refractivity contribution is 6.38. The lowest BCUT2D eigenvalue weighted by Crippen LogP contribution is -2.54. The van der Waals surface area contributed by atoms with Crippen LogP contribution in [0.15, 0.2) is 54.6 Å². The van der Waals surface area contributed by atoms with Gasteiger partial charge in [0.05, 0.1) is 6.04 Å². The molecule has 0 aromatic heterocycles. The van der Waals surface area contributed by atoms with E-state index in [4.69, 9.17) is 22.1 Å². The summed E-state index contributed by atoms with van der Waals surface area (Å²) in [6, 6.07) is 14.2. The summed E-state index contributed by atoms with van der Waals surface area (Å²) in [5, 5.41) is 8.82. The second-order valence-corrected chi connectivity index (χ2v) is 13.3. The molecule has 0 spiro atoms. The number of benzene rings is 2. The van der Waals surface area contributed by atoms with Gasteiger partial charge >= 0.3 is 6.09 Å². The van der Waals surface area contributed by atoms with Crippen LogP contribution in [-0.2, 0) is 30.3 Å². The lowest BCUT2D eigenvalue weighted by Gasteiger charge is -2.28. The molecule has 4 amide bonds. The molecule has 1 aliphatic carbocycles. The number of primary amides is 1. The van der Waals surface area contributed by atoms with E-state index in [0.717, 1.165) is 43.2 Å². The minimum absolute atomic E-state index is 0.0842. The maximum absolute atomic E-state index is 13.8. The van der Waals surface area contributed by atoms with E-state index in [9.17, 15) is 24.0 Å². The molecule has 4 rings (SSSR count). The molecule has 242 valence electrons. The van der Waals surface area contributed by atoms with E-state index in [1.807, 2.05) is 56.3 Å². The van der Waals surface area contributed by atoms with Gasteiger partial charge in [-0.15, -0.1) is 0 Å². The van der Waals surface area contributed by atoms with Crippen LogP contribution in [0.3, 0.4) is 0 Å². The Morgan fingerprint density at radius 2 is 1.69 bits per heavy atom. The minimum Gasteiger partial charge on any atom is -0.441 e. The highest BCUT2D eigenvalue weighted by atomic mass is 35.5. The van der Waals surface area contributed by atoms with Crippen molar-refractivity contribution in [2.45, 2.75) is 95.4 Å². The number of nitrogens with one attached hydrogen (secondary N) is 3. The molecule has 0 radical (unpaired) electrons. The van der Waals surface area contributed by atoms with Gasteiger partial charge in [-0.05, 0) is 62.3 Å². The minimum atomic E-state index is -1.31. The Hall–Kier alpha value is -3.92. The smallest absolute Gasteiger partial charge is 0.408 e. The fourth-order valence-electron chi connectivity index (χ4n) is 6.41. The number of alkyl carbamates (subject to hydrolysis) is 1. The van der Waals surface area contributed by atoms with Crippen molar-refractivity contribution in [1.82, 2.24) is 16.0 Å². The van der Waals surface area contributed by atoms with Crippen molar-refractivity contribution < 1.29 is 28.7 Å². The maximum atomic E-state index is 13.8. The van der Waals surface area contributed by atoms with Crippen LogP contribution >= 0.6 is 11.6 Å². The second kappa shape index (κ2) is 15.4. The van der Waals surface area contributed by atoms with Crippen LogP contribution in [0.5, 0.6) is 0 Å². The third-order valence-electron chi connectivity index (χ3n) is 8.62. The number of Topliss-reactive ketones (excluding diaryl/α,β-unsaturated/α-hetero) is 1. The number of nitrogens with two attached hydrogens (primary N) is 1. The Morgan fingerprint density at radius 3 is 2.31 bits per heavy atom. The van der Waals surface area contributed by atoms with E-state index in [0.29, 0.717) is 24.3 Å². The molecule has 10 nitrogen and oxygen atoms in total. The standard InChI is InChI=1S/C34H43ClN4O6/c1-34(2)20-24(31(42)39-34)19-26(29(40)30(36)41)37-32(43)27(17-21-10-5-3-6-11-21)38-33(44)45-28(23-13-7-4-8-14-23)18-22-12-9-15-25(35)16-22/h4,7-9,12-16,21,24,26-28H,3,5-6,10-11,17-20H2,1-2H3,(H2,36,41)(H,37,43)(H,38,44)(H,39,42)/t24?,26?,27-,28?/m0/s1. The normalized spacial score (nSPS) is 19.9. The number of ether oxygens (including phenoxy) is 1. The molecule has 2 fully saturated rings. The molecule has 0 bridgehead atoms. The fourth-order valence-corrected chi connectivity index (χ4v) is 6.63. The monoisotopic (exact) mass is 638 g/mol. The number of halogens is 1. The van der Waals surface area contributed by atoms with Crippen molar-refractivity contribution >= 4 is 41.2 Å². The predicted molar refractivity (Wildman–Crippen MR) is 170 cm³/mol. The van der Waals surface area contributed by atoms with Gasteiger partial charge in [0, 0.05) is 22.9 Å². The van der Waals surface area contributed by atoms with E-state index in [1.165, 1.54) is 0 Å². The fraction of sp³-hybridized carbons (Fsp3) is 0.500. The van der Waals surface area contributed by atoms with E-state index < -0.39 is 53.3 Å². The Balaban J connectivity index is 1.52. The van der Waals surface area contributed by atoms with Gasteiger partial charge in [0.15, 0.2) is 0 Å². The first-order valence-electron chi connectivity index (χ1n) is 15.6. The molecular formula is C34H43ClN4O6. The molecule has 1 aliphatic heterocycles. The Labute approximate surface area is 269 Å². The average Bonchev–Trinajstić information content (AvgIpc) is 3.26. The lowest BCUT2D eigenvalue weighted by atomic mass is 9.84. The van der Waals surface area contributed by atoms with E-state index in [2.05, 4.69) is 16.0 Å². The van der Waals surface area contributed by atoms with Gasteiger partial charge in [-0.2, -0.15) is 0 Å². The van der Waals surface area contributed by atoms with Crippen molar-refractivity contribution in [1.29, 1.82) is 0 Å². The van der Waals surface area contributed by atoms with Crippen molar-refractivity contribution in [2.75, 3.05) is 0 Å². The van der Waals surface area contributed by atoms with Crippen LogP contribution in [0.2, 0.25) is 5.02 Å². The Kier molecular flexibility index (Phi) is 11.6. The molecule has 2 aromatic carbocycles. The van der Waals surface area contributed by atoms with Gasteiger partial charge in [-0.25, -0.2) is 4.79 Å². The SMILES string of the molecule is CC1(C)CC(CC(NC(=O)[C@H](CC2CCCCC2)NC(=O)OC(Cc2cccc(Cl)c2)c2ccccc2)C(=O)C(N)=O)C(=O)N1. The zero-order valence-corrected chi connectivity index (χ0v) is 26.6. The molecule has 45 heavy (non-hydrogen) atoms. The summed E-state index contributed by atoms with van der Waals surface area (Å²) in [6.07, 6.45) is 4.53. The van der Waals surface area contributed by atoms with Crippen molar-refractivity contribution in [3.8, 4) is 0 Å². The number of carbonyl (C=O) groups is 5. The third-order valence-corrected chi connectivity index (χ3v) is 8.85. The number of carbonyl (C=O) groups excluding carboxylic acids is 5. The van der Waals surface area contributed by atoms with Gasteiger partial charge in [-0.1, -0.05) is 86.2 Å². The molecule has 1 saturated heterocycles. The molecule has 1 saturated carbocycles. The van der Waals surface area contributed by atoms with Crippen LogP contribution < -0.4 is 21.7 Å². The van der Waals surface area contributed by atoms with Gasteiger partial charge in [0.2, 0.25) is 17.6 Å². The third kappa shape index (κ3) is 10.0. The summed E-state index contributed by atoms with van der Waals surface area (Å²) >= 11 is 6.20. The molecule has 1 heterocycles. The predicted octanol–water partition coefficient (Wildman–Crippen LogP) is 4.53. The lowest BCUT2D eigenvalue weighted by molar-refractivity contribution is -0.139. The largest absolute Gasteiger partial charge is 0.441 e. The molecule has 3 unspecified atom stereocenters. The van der Waals surface area contributed by atoms with Gasteiger partial charge in [0.25, 0.3) is 5.91 Å². The summed E-state index contributed by atoms with van der Waals surface area (Å²) in [5.74, 6) is -3.52. The zero-order chi connectivity index (χ0) is 32.6. The summed E-state index contributed by atoms with van der Waals surface area (Å²) in [4.78, 5) is 64.5. The van der Waals surface area contributed by atoms with Crippen LogP contribution in [0.4, 0.5) is 4.79 Å². The van der Waals surface area contributed by atoms with Crippen molar-refractivity contribution in [3.05, 3.63) is 70.7 Å². The number of hydrogen-bond acceptors (Lipinski definition) is 6. The number of ketones is 1. The van der Waals surface area contributed by atoms with Gasteiger partial charge < -0.3 is 26.4 Å². The highest BCUT2D eigenvalue weighted by Gasteiger charge is 2.41. The maximum Gasteiger partial charge on any atom is 0.408 e. The topological polar surface area (TPSA) is 157 Å². The van der Waals surface area contributed by atoms with Gasteiger partial charge in [-0.3, -0.25) is 19.2 Å². The molecule has 5 N–H and O–H groups in total. The van der Waals surface area contributed by atoms with Crippen LogP contribution in [0.25, 0.3) is 0 Å². The quantitative estimate of drug-likeness (QED) is 0.236. The summed E-state index contributed by atoms with van der Waals surface area (Å²) in [5.41, 5.74) is 6.48. The molecule has 2 aliphatic rings. The second-order valence-electron chi connectivity index (χ2n) is 12.9. The number of amides is 4. The first-order chi connectivity index (χ1) is 21.4. The van der Waals surface area contributed by atoms with Crippen LogP contribution in [0.1, 0.15) is 82.4 Å².